The topological polar surface area (TPSA) is 28.2 Å². The first-order valence-corrected chi connectivity index (χ1v) is 5.22. The molecule has 0 radical (unpaired) electrons. The second kappa shape index (κ2) is 5.33. The Kier molecular flexibility index (Phi) is 4.36. The maximum Gasteiger partial charge on any atom is 0.128 e. The molecule has 2 heterocycles. The zero-order chi connectivity index (χ0) is 9.97. The lowest BCUT2D eigenvalue weighted by atomic mass is 10.1. The Balaban J connectivity index is 0.00000112. The minimum Gasteiger partial charge on any atom is -0.360 e. The first kappa shape index (κ1) is 12.3. The third-order valence-electron chi connectivity index (χ3n) is 2.77. The second-order valence-electron chi connectivity index (χ2n) is 3.72. The number of nitrogens with zero attached hydrogens (tertiary/aromatic N) is 2. The van der Waals surface area contributed by atoms with Gasteiger partial charge < -0.3 is 10.2 Å². The molecule has 1 aliphatic heterocycles. The summed E-state index contributed by atoms with van der Waals surface area (Å²) in [6.07, 6.45) is 1.06. The van der Waals surface area contributed by atoms with Gasteiger partial charge in [0.15, 0.2) is 0 Å². The highest BCUT2D eigenvalue weighted by molar-refractivity contribution is 5.85. The molecular weight excluding hydrogens is 210 g/mol. The fourth-order valence-corrected chi connectivity index (χ4v) is 1.70. The zero-order valence-corrected chi connectivity index (χ0v) is 10.1. The Morgan fingerprint density at radius 1 is 1.47 bits per heavy atom. The van der Waals surface area contributed by atoms with Crippen molar-refractivity contribution in [1.29, 1.82) is 0 Å². The number of hydrogen-bond acceptors (Lipinski definition) is 3. The summed E-state index contributed by atoms with van der Waals surface area (Å²) in [5.41, 5.74) is 2.62. The molecule has 4 heteroatoms. The van der Waals surface area contributed by atoms with E-state index >= 15 is 0 Å². The molecule has 1 aliphatic rings. The number of pyridine rings is 1. The van der Waals surface area contributed by atoms with E-state index in [2.05, 4.69) is 41.3 Å². The monoisotopic (exact) mass is 227 g/mol. The van der Waals surface area contributed by atoms with E-state index in [4.69, 9.17) is 0 Å². The Morgan fingerprint density at radius 3 is 3.00 bits per heavy atom. The molecule has 0 aromatic carbocycles. The Bertz CT molecular complexity index is 328. The zero-order valence-electron chi connectivity index (χ0n) is 9.29. The number of hydrogen-bond donors (Lipinski definition) is 1. The van der Waals surface area contributed by atoms with E-state index in [-0.39, 0.29) is 12.4 Å². The molecule has 0 saturated heterocycles. The van der Waals surface area contributed by atoms with Crippen molar-refractivity contribution in [2.45, 2.75) is 19.9 Å². The van der Waals surface area contributed by atoms with Gasteiger partial charge >= 0.3 is 0 Å². The van der Waals surface area contributed by atoms with Crippen LogP contribution in [0.1, 0.15) is 18.2 Å². The Morgan fingerprint density at radius 2 is 2.27 bits per heavy atom. The highest BCUT2D eigenvalue weighted by Gasteiger charge is 2.11. The highest BCUT2D eigenvalue weighted by Crippen LogP contribution is 2.16. The van der Waals surface area contributed by atoms with Crippen molar-refractivity contribution in [3.8, 4) is 0 Å². The quantitative estimate of drug-likeness (QED) is 0.832. The van der Waals surface area contributed by atoms with Gasteiger partial charge in [-0.2, -0.15) is 0 Å². The number of fused-ring (bicyclic) bond motifs is 1. The van der Waals surface area contributed by atoms with Gasteiger partial charge in [-0.15, -0.1) is 12.4 Å². The van der Waals surface area contributed by atoms with Crippen LogP contribution in [0, 0.1) is 0 Å². The predicted octanol–water partition coefficient (Wildman–Crippen LogP) is 1.61. The van der Waals surface area contributed by atoms with Gasteiger partial charge in [0.1, 0.15) is 5.82 Å². The van der Waals surface area contributed by atoms with Gasteiger partial charge in [-0.3, -0.25) is 0 Å². The van der Waals surface area contributed by atoms with Gasteiger partial charge in [-0.05, 0) is 18.6 Å². The lowest BCUT2D eigenvalue weighted by Gasteiger charge is -2.20. The average molecular weight is 228 g/mol. The van der Waals surface area contributed by atoms with Gasteiger partial charge in [-0.25, -0.2) is 4.98 Å². The van der Waals surface area contributed by atoms with Crippen LogP contribution >= 0.6 is 12.4 Å². The van der Waals surface area contributed by atoms with Crippen molar-refractivity contribution in [3.63, 3.8) is 0 Å². The highest BCUT2D eigenvalue weighted by atomic mass is 35.5. The van der Waals surface area contributed by atoms with Crippen LogP contribution in [0.15, 0.2) is 12.1 Å². The summed E-state index contributed by atoms with van der Waals surface area (Å²) in [5.74, 6) is 1.09. The number of anilines is 1. The number of rotatable bonds is 2. The van der Waals surface area contributed by atoms with E-state index < -0.39 is 0 Å². The SMILES string of the molecule is CCN(C)c1ccc2c(n1)CCNC2.Cl. The molecule has 0 amide bonds. The minimum atomic E-state index is 0. The van der Waals surface area contributed by atoms with Crippen LogP contribution in [-0.2, 0) is 13.0 Å². The van der Waals surface area contributed by atoms with Gasteiger partial charge in [-0.1, -0.05) is 6.07 Å². The van der Waals surface area contributed by atoms with Crippen molar-refractivity contribution in [1.82, 2.24) is 10.3 Å². The largest absolute Gasteiger partial charge is 0.360 e. The number of nitrogens with one attached hydrogen (secondary N) is 1. The van der Waals surface area contributed by atoms with E-state index in [1.54, 1.807) is 0 Å². The summed E-state index contributed by atoms with van der Waals surface area (Å²) in [5, 5.41) is 3.35. The lowest BCUT2D eigenvalue weighted by molar-refractivity contribution is 0.629. The molecule has 84 valence electrons. The molecule has 1 N–H and O–H groups in total. The summed E-state index contributed by atoms with van der Waals surface area (Å²) >= 11 is 0. The molecule has 15 heavy (non-hydrogen) atoms. The molecule has 0 unspecified atom stereocenters. The van der Waals surface area contributed by atoms with Crippen LogP contribution in [0.25, 0.3) is 0 Å². The smallest absolute Gasteiger partial charge is 0.128 e. The maximum absolute atomic E-state index is 4.67. The van der Waals surface area contributed by atoms with Crippen molar-refractivity contribution < 1.29 is 0 Å². The van der Waals surface area contributed by atoms with Gasteiger partial charge in [0.25, 0.3) is 0 Å². The van der Waals surface area contributed by atoms with E-state index in [9.17, 15) is 0 Å². The van der Waals surface area contributed by atoms with Crippen LogP contribution < -0.4 is 10.2 Å². The molecular formula is C11H18ClN3. The molecule has 0 saturated carbocycles. The first-order chi connectivity index (χ1) is 6.81. The van der Waals surface area contributed by atoms with Crippen molar-refractivity contribution >= 4 is 18.2 Å². The normalized spacial score (nSPS) is 14.0. The van der Waals surface area contributed by atoms with Crippen LogP contribution in [0.4, 0.5) is 5.82 Å². The molecule has 0 fully saturated rings. The van der Waals surface area contributed by atoms with Crippen molar-refractivity contribution in [2.75, 3.05) is 25.0 Å². The summed E-state index contributed by atoms with van der Waals surface area (Å²) in [6, 6.07) is 4.30. The summed E-state index contributed by atoms with van der Waals surface area (Å²) < 4.78 is 0. The molecule has 0 bridgehead atoms. The van der Waals surface area contributed by atoms with Crippen LogP contribution in [0.3, 0.4) is 0 Å². The molecule has 1 aromatic heterocycles. The standard InChI is InChI=1S/C11H17N3.ClH/c1-3-14(2)11-5-4-9-8-12-7-6-10(9)13-11;/h4-5,12H,3,6-8H2,1-2H3;1H. The molecule has 1 aromatic rings. The molecule has 0 atom stereocenters. The van der Waals surface area contributed by atoms with Crippen LogP contribution in [0.2, 0.25) is 0 Å². The molecule has 0 aliphatic carbocycles. The number of aromatic nitrogens is 1. The first-order valence-electron chi connectivity index (χ1n) is 5.22. The summed E-state index contributed by atoms with van der Waals surface area (Å²) in [4.78, 5) is 6.84. The summed E-state index contributed by atoms with van der Waals surface area (Å²) in [7, 11) is 2.08. The fourth-order valence-electron chi connectivity index (χ4n) is 1.70. The fraction of sp³-hybridized carbons (Fsp3) is 0.545. The minimum absolute atomic E-state index is 0. The Hall–Kier alpha value is -0.800. The number of halogens is 1. The van der Waals surface area contributed by atoms with Gasteiger partial charge in [0.05, 0.1) is 0 Å². The second-order valence-corrected chi connectivity index (χ2v) is 3.72. The van der Waals surface area contributed by atoms with Gasteiger partial charge in [0.2, 0.25) is 0 Å². The third kappa shape index (κ3) is 2.61. The molecule has 3 nitrogen and oxygen atoms in total. The van der Waals surface area contributed by atoms with Crippen molar-refractivity contribution in [3.05, 3.63) is 23.4 Å². The summed E-state index contributed by atoms with van der Waals surface area (Å²) in [6.45, 7) is 5.17. The predicted molar refractivity (Wildman–Crippen MR) is 65.8 cm³/mol. The van der Waals surface area contributed by atoms with Crippen LogP contribution in [-0.4, -0.2) is 25.1 Å². The van der Waals surface area contributed by atoms with E-state index in [0.717, 1.165) is 31.9 Å². The van der Waals surface area contributed by atoms with Crippen molar-refractivity contribution in [2.24, 2.45) is 0 Å². The van der Waals surface area contributed by atoms with E-state index in [1.165, 1.54) is 11.3 Å². The van der Waals surface area contributed by atoms with Gasteiger partial charge in [0, 0.05) is 38.8 Å². The molecule has 2 rings (SSSR count). The van der Waals surface area contributed by atoms with E-state index in [1.807, 2.05) is 0 Å². The lowest BCUT2D eigenvalue weighted by Crippen LogP contribution is -2.26. The molecule has 0 spiro atoms. The maximum atomic E-state index is 4.67. The van der Waals surface area contributed by atoms with E-state index in [0.29, 0.717) is 0 Å². The van der Waals surface area contributed by atoms with Crippen LogP contribution in [0.5, 0.6) is 0 Å². The Labute approximate surface area is 97.3 Å². The third-order valence-corrected chi connectivity index (χ3v) is 2.77. The average Bonchev–Trinajstić information content (AvgIpc) is 2.27.